The molecule has 4 nitrogen and oxygen atoms in total. The lowest BCUT2D eigenvalue weighted by atomic mass is 10.0. The fourth-order valence-corrected chi connectivity index (χ4v) is 2.83. The van der Waals surface area contributed by atoms with Crippen molar-refractivity contribution in [3.63, 3.8) is 0 Å². The summed E-state index contributed by atoms with van der Waals surface area (Å²) < 4.78 is 1.86. The van der Waals surface area contributed by atoms with Gasteiger partial charge in [0.15, 0.2) is 0 Å². The molecular weight excluding hydrogens is 295 g/mol. The van der Waals surface area contributed by atoms with Gasteiger partial charge in [0, 0.05) is 11.1 Å². The van der Waals surface area contributed by atoms with Gasteiger partial charge in [-0.05, 0) is 44.0 Å². The van der Waals surface area contributed by atoms with Crippen LogP contribution in [-0.2, 0) is 0 Å². The summed E-state index contributed by atoms with van der Waals surface area (Å²) in [5, 5.41) is 5.57. The van der Waals surface area contributed by atoms with Crippen molar-refractivity contribution < 1.29 is 0 Å². The summed E-state index contributed by atoms with van der Waals surface area (Å²) in [5.41, 5.74) is 5.68. The first-order valence-electron chi connectivity index (χ1n) is 6.40. The summed E-state index contributed by atoms with van der Waals surface area (Å²) in [4.78, 5) is 0. The standard InChI is InChI=1S/C14H18Cl2N4/c1-8(2)20-14(12(16)7-18-20)13(19-17)10-4-9(3)5-11(15)6-10/h4-8,13,19H,17H2,1-3H3. The molecule has 2 aromatic rings. The van der Waals surface area contributed by atoms with Gasteiger partial charge >= 0.3 is 0 Å². The van der Waals surface area contributed by atoms with Crippen molar-refractivity contribution in [2.75, 3.05) is 0 Å². The van der Waals surface area contributed by atoms with Gasteiger partial charge in [0.2, 0.25) is 0 Å². The Balaban J connectivity index is 2.55. The number of nitrogens with zero attached hydrogens (tertiary/aromatic N) is 2. The Hall–Kier alpha value is -1.07. The van der Waals surface area contributed by atoms with E-state index in [2.05, 4.69) is 10.5 Å². The fourth-order valence-electron chi connectivity index (χ4n) is 2.30. The number of hydrogen-bond acceptors (Lipinski definition) is 3. The molecule has 0 amide bonds. The first kappa shape index (κ1) is 15.3. The van der Waals surface area contributed by atoms with Crippen LogP contribution in [0, 0.1) is 6.92 Å². The quantitative estimate of drug-likeness (QED) is 0.669. The van der Waals surface area contributed by atoms with Gasteiger partial charge in [-0.15, -0.1) is 0 Å². The Morgan fingerprint density at radius 2 is 1.95 bits per heavy atom. The molecule has 2 rings (SSSR count). The SMILES string of the molecule is Cc1cc(Cl)cc(C(NN)c2c(Cl)cnn2C(C)C)c1. The molecule has 0 aliphatic carbocycles. The number of nitrogens with two attached hydrogens (primary N) is 1. The first-order chi connectivity index (χ1) is 9.43. The van der Waals surface area contributed by atoms with Crippen LogP contribution in [0.5, 0.6) is 0 Å². The van der Waals surface area contributed by atoms with Crippen LogP contribution in [0.25, 0.3) is 0 Å². The zero-order valence-electron chi connectivity index (χ0n) is 11.7. The van der Waals surface area contributed by atoms with Crippen molar-refractivity contribution >= 4 is 23.2 Å². The average molecular weight is 313 g/mol. The molecule has 0 saturated carbocycles. The summed E-state index contributed by atoms with van der Waals surface area (Å²) in [6.07, 6.45) is 1.64. The van der Waals surface area contributed by atoms with Crippen LogP contribution >= 0.6 is 23.2 Å². The number of aromatic nitrogens is 2. The molecule has 0 bridgehead atoms. The van der Waals surface area contributed by atoms with Crippen LogP contribution in [0.3, 0.4) is 0 Å². The van der Waals surface area contributed by atoms with E-state index in [1.54, 1.807) is 6.20 Å². The van der Waals surface area contributed by atoms with E-state index in [1.165, 1.54) is 0 Å². The molecule has 1 aromatic heterocycles. The second-order valence-electron chi connectivity index (χ2n) is 5.08. The molecular formula is C14H18Cl2N4. The first-order valence-corrected chi connectivity index (χ1v) is 7.15. The maximum atomic E-state index is 6.28. The summed E-state index contributed by atoms with van der Waals surface area (Å²) in [7, 11) is 0. The zero-order chi connectivity index (χ0) is 14.9. The van der Waals surface area contributed by atoms with Crippen molar-refractivity contribution in [1.29, 1.82) is 0 Å². The molecule has 1 heterocycles. The minimum atomic E-state index is -0.259. The van der Waals surface area contributed by atoms with Crippen molar-refractivity contribution in [3.8, 4) is 0 Å². The van der Waals surface area contributed by atoms with Crippen LogP contribution in [0.2, 0.25) is 10.0 Å². The molecule has 20 heavy (non-hydrogen) atoms. The molecule has 0 fully saturated rings. The lowest BCUT2D eigenvalue weighted by molar-refractivity contribution is 0.476. The number of rotatable bonds is 4. The number of hydrazine groups is 1. The summed E-state index contributed by atoms with van der Waals surface area (Å²) in [6.45, 7) is 6.08. The van der Waals surface area contributed by atoms with Gasteiger partial charge in [0.1, 0.15) is 0 Å². The number of halogens is 2. The van der Waals surface area contributed by atoms with Gasteiger partial charge in [0.25, 0.3) is 0 Å². The van der Waals surface area contributed by atoms with Crippen molar-refractivity contribution in [3.05, 3.63) is 51.3 Å². The van der Waals surface area contributed by atoms with Crippen LogP contribution in [0.4, 0.5) is 0 Å². The van der Waals surface area contributed by atoms with Gasteiger partial charge in [-0.3, -0.25) is 10.5 Å². The monoisotopic (exact) mass is 312 g/mol. The molecule has 0 radical (unpaired) electrons. The Bertz CT molecular complexity index is 587. The van der Waals surface area contributed by atoms with Gasteiger partial charge in [0.05, 0.1) is 23.0 Å². The van der Waals surface area contributed by atoms with Crippen molar-refractivity contribution in [1.82, 2.24) is 15.2 Å². The molecule has 1 unspecified atom stereocenters. The predicted molar refractivity (Wildman–Crippen MR) is 83.0 cm³/mol. The van der Waals surface area contributed by atoms with E-state index in [0.29, 0.717) is 10.0 Å². The van der Waals surface area contributed by atoms with Gasteiger partial charge in [-0.2, -0.15) is 5.10 Å². The lowest BCUT2D eigenvalue weighted by Gasteiger charge is -2.21. The van der Waals surface area contributed by atoms with E-state index < -0.39 is 0 Å². The van der Waals surface area contributed by atoms with E-state index in [1.807, 2.05) is 43.7 Å². The second-order valence-corrected chi connectivity index (χ2v) is 5.92. The molecule has 0 aliphatic rings. The third kappa shape index (κ3) is 2.99. The van der Waals surface area contributed by atoms with Crippen molar-refractivity contribution in [2.24, 2.45) is 5.84 Å². The van der Waals surface area contributed by atoms with Crippen LogP contribution in [-0.4, -0.2) is 9.78 Å². The van der Waals surface area contributed by atoms with E-state index in [0.717, 1.165) is 16.8 Å². The van der Waals surface area contributed by atoms with Gasteiger partial charge < -0.3 is 0 Å². The fraction of sp³-hybridized carbons (Fsp3) is 0.357. The highest BCUT2D eigenvalue weighted by Gasteiger charge is 2.22. The maximum absolute atomic E-state index is 6.28. The summed E-state index contributed by atoms with van der Waals surface area (Å²) >= 11 is 12.4. The predicted octanol–water partition coefficient (Wildman–Crippen LogP) is 3.63. The van der Waals surface area contributed by atoms with Gasteiger partial charge in [-0.25, -0.2) is 5.43 Å². The smallest absolute Gasteiger partial charge is 0.0894 e. The summed E-state index contributed by atoms with van der Waals surface area (Å²) in [5.74, 6) is 5.74. The minimum absolute atomic E-state index is 0.189. The molecule has 108 valence electrons. The Kier molecular flexibility index (Phi) is 4.70. The van der Waals surface area contributed by atoms with Crippen molar-refractivity contribution in [2.45, 2.75) is 32.9 Å². The number of hydrogen-bond donors (Lipinski definition) is 2. The molecule has 1 aromatic carbocycles. The third-order valence-corrected chi connectivity index (χ3v) is 3.62. The lowest BCUT2D eigenvalue weighted by Crippen LogP contribution is -2.31. The Morgan fingerprint density at radius 3 is 2.50 bits per heavy atom. The Morgan fingerprint density at radius 1 is 1.25 bits per heavy atom. The Labute approximate surface area is 128 Å². The summed E-state index contributed by atoms with van der Waals surface area (Å²) in [6, 6.07) is 5.75. The maximum Gasteiger partial charge on any atom is 0.0894 e. The van der Waals surface area contributed by atoms with Crippen LogP contribution in [0.15, 0.2) is 24.4 Å². The highest BCUT2D eigenvalue weighted by atomic mass is 35.5. The largest absolute Gasteiger partial charge is 0.271 e. The molecule has 1 atom stereocenters. The molecule has 6 heteroatoms. The highest BCUT2D eigenvalue weighted by molar-refractivity contribution is 6.31. The molecule has 0 aliphatic heterocycles. The van der Waals surface area contributed by atoms with E-state index in [9.17, 15) is 0 Å². The number of benzene rings is 1. The third-order valence-electron chi connectivity index (χ3n) is 3.11. The van der Waals surface area contributed by atoms with Crippen LogP contribution < -0.4 is 11.3 Å². The van der Waals surface area contributed by atoms with E-state index in [-0.39, 0.29) is 12.1 Å². The molecule has 3 N–H and O–H groups in total. The molecule has 0 spiro atoms. The second kappa shape index (κ2) is 6.14. The topological polar surface area (TPSA) is 55.9 Å². The minimum Gasteiger partial charge on any atom is -0.271 e. The normalized spacial score (nSPS) is 12.9. The van der Waals surface area contributed by atoms with E-state index >= 15 is 0 Å². The highest BCUT2D eigenvalue weighted by Crippen LogP contribution is 2.31. The zero-order valence-corrected chi connectivity index (χ0v) is 13.2. The van der Waals surface area contributed by atoms with Crippen LogP contribution in [0.1, 0.15) is 42.8 Å². The average Bonchev–Trinajstić information content (AvgIpc) is 2.72. The molecule has 0 saturated heterocycles. The number of nitrogens with one attached hydrogen (secondary N) is 1. The van der Waals surface area contributed by atoms with E-state index in [4.69, 9.17) is 29.0 Å². The number of aryl methyl sites for hydroxylation is 1. The van der Waals surface area contributed by atoms with Gasteiger partial charge in [-0.1, -0.05) is 29.3 Å².